The molecular formula is C15H14Cl2O. The van der Waals surface area contributed by atoms with Crippen LogP contribution in [0.4, 0.5) is 0 Å². The van der Waals surface area contributed by atoms with E-state index in [0.717, 1.165) is 5.56 Å². The van der Waals surface area contributed by atoms with Gasteiger partial charge < -0.3 is 5.11 Å². The number of aliphatic hydroxyl groups is 1. The van der Waals surface area contributed by atoms with Gasteiger partial charge in [0, 0.05) is 16.5 Å². The summed E-state index contributed by atoms with van der Waals surface area (Å²) in [6.07, 6.45) is -0.0702. The van der Waals surface area contributed by atoms with E-state index < -0.39 is 6.10 Å². The van der Waals surface area contributed by atoms with Gasteiger partial charge in [0.05, 0.1) is 6.10 Å². The first-order valence-electron chi connectivity index (χ1n) is 5.75. The zero-order chi connectivity index (χ0) is 13.1. The SMILES string of the molecule is Cc1ccc(CC(O)c2ccc(Cl)cc2Cl)cc1. The first kappa shape index (κ1) is 13.4. The molecule has 0 radical (unpaired) electrons. The summed E-state index contributed by atoms with van der Waals surface area (Å²) in [5.74, 6) is 0. The normalized spacial score (nSPS) is 12.4. The monoisotopic (exact) mass is 280 g/mol. The average Bonchev–Trinajstić information content (AvgIpc) is 2.32. The van der Waals surface area contributed by atoms with Gasteiger partial charge in [-0.05, 0) is 30.2 Å². The Labute approximate surface area is 117 Å². The number of aryl methyl sites for hydroxylation is 1. The Balaban J connectivity index is 2.16. The van der Waals surface area contributed by atoms with Crippen molar-refractivity contribution in [2.24, 2.45) is 0 Å². The summed E-state index contributed by atoms with van der Waals surface area (Å²) in [7, 11) is 0. The van der Waals surface area contributed by atoms with Crippen LogP contribution < -0.4 is 0 Å². The molecule has 3 heteroatoms. The molecule has 0 spiro atoms. The molecule has 0 amide bonds. The highest BCUT2D eigenvalue weighted by Gasteiger charge is 2.12. The van der Waals surface area contributed by atoms with Gasteiger partial charge in [0.25, 0.3) is 0 Å². The summed E-state index contributed by atoms with van der Waals surface area (Å²) in [6, 6.07) is 13.3. The molecule has 2 aromatic rings. The van der Waals surface area contributed by atoms with Crippen LogP contribution in [0.2, 0.25) is 10.0 Å². The van der Waals surface area contributed by atoms with Crippen molar-refractivity contribution < 1.29 is 5.11 Å². The fraction of sp³-hybridized carbons (Fsp3) is 0.200. The predicted octanol–water partition coefficient (Wildman–Crippen LogP) is 4.58. The highest BCUT2D eigenvalue weighted by molar-refractivity contribution is 6.35. The molecule has 2 aromatic carbocycles. The molecule has 0 aromatic heterocycles. The topological polar surface area (TPSA) is 20.2 Å². The Hall–Kier alpha value is -1.02. The third-order valence-electron chi connectivity index (χ3n) is 2.87. The van der Waals surface area contributed by atoms with Gasteiger partial charge in [-0.3, -0.25) is 0 Å². The summed E-state index contributed by atoms with van der Waals surface area (Å²) < 4.78 is 0. The molecular weight excluding hydrogens is 267 g/mol. The van der Waals surface area contributed by atoms with E-state index in [4.69, 9.17) is 23.2 Å². The van der Waals surface area contributed by atoms with Crippen LogP contribution >= 0.6 is 23.2 Å². The molecule has 0 bridgehead atoms. The standard InChI is InChI=1S/C15H14Cl2O/c1-10-2-4-11(5-3-10)8-15(18)13-7-6-12(16)9-14(13)17/h2-7,9,15,18H,8H2,1H3. The Kier molecular flexibility index (Phi) is 4.28. The van der Waals surface area contributed by atoms with Crippen LogP contribution in [0.3, 0.4) is 0 Å². The minimum absolute atomic E-state index is 0.502. The molecule has 1 unspecified atom stereocenters. The lowest BCUT2D eigenvalue weighted by Crippen LogP contribution is -2.02. The summed E-state index contributed by atoms with van der Waals surface area (Å²) in [5.41, 5.74) is 3.00. The van der Waals surface area contributed by atoms with Gasteiger partial charge >= 0.3 is 0 Å². The van der Waals surface area contributed by atoms with E-state index in [9.17, 15) is 5.11 Å². The molecule has 1 nitrogen and oxygen atoms in total. The largest absolute Gasteiger partial charge is 0.388 e. The van der Waals surface area contributed by atoms with Crippen LogP contribution in [0.1, 0.15) is 22.8 Å². The minimum atomic E-state index is -0.613. The second-order valence-corrected chi connectivity index (χ2v) is 5.21. The summed E-state index contributed by atoms with van der Waals surface area (Å²) in [4.78, 5) is 0. The molecule has 1 atom stereocenters. The fourth-order valence-electron chi connectivity index (χ4n) is 1.83. The molecule has 0 heterocycles. The Morgan fingerprint density at radius 2 is 1.72 bits per heavy atom. The second kappa shape index (κ2) is 5.75. The molecule has 0 aliphatic carbocycles. The number of hydrogen-bond donors (Lipinski definition) is 1. The number of halogens is 2. The van der Waals surface area contributed by atoms with E-state index in [1.165, 1.54) is 5.56 Å². The van der Waals surface area contributed by atoms with Gasteiger partial charge in [-0.1, -0.05) is 59.1 Å². The van der Waals surface area contributed by atoms with Gasteiger partial charge in [0.2, 0.25) is 0 Å². The van der Waals surface area contributed by atoms with Crippen molar-refractivity contribution in [1.82, 2.24) is 0 Å². The maximum absolute atomic E-state index is 10.2. The van der Waals surface area contributed by atoms with Gasteiger partial charge in [-0.2, -0.15) is 0 Å². The van der Waals surface area contributed by atoms with Crippen LogP contribution in [0.25, 0.3) is 0 Å². The Bertz CT molecular complexity index is 535. The van der Waals surface area contributed by atoms with Gasteiger partial charge in [-0.15, -0.1) is 0 Å². The summed E-state index contributed by atoms with van der Waals surface area (Å²) >= 11 is 11.9. The van der Waals surface area contributed by atoms with Crippen molar-refractivity contribution >= 4 is 23.2 Å². The Morgan fingerprint density at radius 3 is 2.33 bits per heavy atom. The van der Waals surface area contributed by atoms with Crippen molar-refractivity contribution in [2.75, 3.05) is 0 Å². The highest BCUT2D eigenvalue weighted by Crippen LogP contribution is 2.28. The molecule has 1 N–H and O–H groups in total. The Morgan fingerprint density at radius 1 is 1.06 bits per heavy atom. The van der Waals surface area contributed by atoms with E-state index in [2.05, 4.69) is 0 Å². The van der Waals surface area contributed by atoms with Crippen molar-refractivity contribution in [3.05, 3.63) is 69.2 Å². The quantitative estimate of drug-likeness (QED) is 0.873. The molecule has 18 heavy (non-hydrogen) atoms. The van der Waals surface area contributed by atoms with E-state index in [-0.39, 0.29) is 0 Å². The maximum atomic E-state index is 10.2. The second-order valence-electron chi connectivity index (χ2n) is 4.37. The van der Waals surface area contributed by atoms with E-state index >= 15 is 0 Å². The molecule has 0 aliphatic heterocycles. The third-order valence-corrected chi connectivity index (χ3v) is 3.43. The van der Waals surface area contributed by atoms with Crippen molar-refractivity contribution in [3.8, 4) is 0 Å². The lowest BCUT2D eigenvalue weighted by Gasteiger charge is -2.13. The molecule has 0 aliphatic rings. The zero-order valence-corrected chi connectivity index (χ0v) is 11.5. The van der Waals surface area contributed by atoms with Crippen molar-refractivity contribution in [3.63, 3.8) is 0 Å². The number of rotatable bonds is 3. The van der Waals surface area contributed by atoms with E-state index in [0.29, 0.717) is 22.0 Å². The predicted molar refractivity (Wildman–Crippen MR) is 76.3 cm³/mol. The van der Waals surface area contributed by atoms with Crippen LogP contribution in [0.5, 0.6) is 0 Å². The van der Waals surface area contributed by atoms with E-state index in [1.54, 1.807) is 18.2 Å². The number of benzene rings is 2. The van der Waals surface area contributed by atoms with Crippen LogP contribution in [0, 0.1) is 6.92 Å². The molecule has 2 rings (SSSR count). The first-order valence-corrected chi connectivity index (χ1v) is 6.50. The third kappa shape index (κ3) is 3.26. The van der Waals surface area contributed by atoms with E-state index in [1.807, 2.05) is 31.2 Å². The van der Waals surface area contributed by atoms with Gasteiger partial charge in [-0.25, -0.2) is 0 Å². The van der Waals surface area contributed by atoms with Crippen LogP contribution in [-0.4, -0.2) is 5.11 Å². The molecule has 94 valence electrons. The highest BCUT2D eigenvalue weighted by atomic mass is 35.5. The van der Waals surface area contributed by atoms with Gasteiger partial charge in [0.1, 0.15) is 0 Å². The number of hydrogen-bond acceptors (Lipinski definition) is 1. The van der Waals surface area contributed by atoms with Crippen LogP contribution in [-0.2, 0) is 6.42 Å². The summed E-state index contributed by atoms with van der Waals surface area (Å²) in [5, 5.41) is 11.3. The fourth-order valence-corrected chi connectivity index (χ4v) is 2.36. The number of aliphatic hydroxyl groups excluding tert-OH is 1. The first-order chi connectivity index (χ1) is 8.56. The van der Waals surface area contributed by atoms with Crippen molar-refractivity contribution in [1.29, 1.82) is 0 Å². The minimum Gasteiger partial charge on any atom is -0.388 e. The average molecular weight is 281 g/mol. The zero-order valence-electron chi connectivity index (χ0n) is 10.0. The maximum Gasteiger partial charge on any atom is 0.0844 e. The van der Waals surface area contributed by atoms with Crippen LogP contribution in [0.15, 0.2) is 42.5 Å². The summed E-state index contributed by atoms with van der Waals surface area (Å²) in [6.45, 7) is 2.04. The van der Waals surface area contributed by atoms with Crippen molar-refractivity contribution in [2.45, 2.75) is 19.4 Å². The molecule has 0 saturated heterocycles. The smallest absolute Gasteiger partial charge is 0.0844 e. The van der Waals surface area contributed by atoms with Gasteiger partial charge in [0.15, 0.2) is 0 Å². The lowest BCUT2D eigenvalue weighted by atomic mass is 10.0. The molecule has 0 fully saturated rings. The molecule has 0 saturated carbocycles. The lowest BCUT2D eigenvalue weighted by molar-refractivity contribution is 0.178.